The quantitative estimate of drug-likeness (QED) is 0.756. The SMILES string of the molecule is CC1(CCc2ccccc2)NC(=O)N(CC(=O)Nc2ccc(C#N)cc2)C1=O. The van der Waals surface area contributed by atoms with E-state index in [1.54, 1.807) is 31.2 Å². The van der Waals surface area contributed by atoms with Crippen molar-refractivity contribution in [2.24, 2.45) is 0 Å². The van der Waals surface area contributed by atoms with Crippen LogP contribution in [0.15, 0.2) is 54.6 Å². The van der Waals surface area contributed by atoms with Gasteiger partial charge < -0.3 is 10.6 Å². The van der Waals surface area contributed by atoms with Gasteiger partial charge in [-0.3, -0.25) is 14.5 Å². The molecular weight excluding hydrogens is 356 g/mol. The summed E-state index contributed by atoms with van der Waals surface area (Å²) in [7, 11) is 0. The number of aryl methyl sites for hydroxylation is 1. The minimum atomic E-state index is -1.04. The number of urea groups is 1. The Bertz CT molecular complexity index is 934. The molecule has 0 spiro atoms. The second-order valence-electron chi connectivity index (χ2n) is 6.88. The monoisotopic (exact) mass is 376 g/mol. The molecule has 1 saturated heterocycles. The number of nitriles is 1. The lowest BCUT2D eigenvalue weighted by molar-refractivity contribution is -0.133. The van der Waals surface area contributed by atoms with Gasteiger partial charge in [-0.2, -0.15) is 5.26 Å². The number of imide groups is 1. The number of amides is 4. The maximum Gasteiger partial charge on any atom is 0.325 e. The first-order chi connectivity index (χ1) is 13.4. The van der Waals surface area contributed by atoms with Crippen molar-refractivity contribution >= 4 is 23.5 Å². The molecule has 3 rings (SSSR count). The zero-order valence-corrected chi connectivity index (χ0v) is 15.4. The molecule has 1 aliphatic rings. The van der Waals surface area contributed by atoms with Crippen LogP contribution in [0.3, 0.4) is 0 Å². The van der Waals surface area contributed by atoms with Crippen LogP contribution in [0.1, 0.15) is 24.5 Å². The number of carbonyl (C=O) groups excluding carboxylic acids is 3. The molecule has 1 atom stereocenters. The smallest absolute Gasteiger partial charge is 0.325 e. The first-order valence-electron chi connectivity index (χ1n) is 8.89. The average molecular weight is 376 g/mol. The number of nitrogens with one attached hydrogen (secondary N) is 2. The van der Waals surface area contributed by atoms with Crippen LogP contribution >= 0.6 is 0 Å². The third kappa shape index (κ3) is 4.18. The van der Waals surface area contributed by atoms with E-state index in [-0.39, 0.29) is 6.54 Å². The number of rotatable bonds is 6. The first-order valence-corrected chi connectivity index (χ1v) is 8.89. The van der Waals surface area contributed by atoms with Crippen LogP contribution in [-0.4, -0.2) is 34.8 Å². The molecule has 2 aromatic carbocycles. The summed E-state index contributed by atoms with van der Waals surface area (Å²) in [6, 6.07) is 17.4. The lowest BCUT2D eigenvalue weighted by Crippen LogP contribution is -2.45. The van der Waals surface area contributed by atoms with E-state index >= 15 is 0 Å². The molecule has 7 nitrogen and oxygen atoms in total. The topological polar surface area (TPSA) is 102 Å². The van der Waals surface area contributed by atoms with Gasteiger partial charge in [-0.15, -0.1) is 0 Å². The maximum atomic E-state index is 12.8. The molecule has 0 radical (unpaired) electrons. The standard InChI is InChI=1S/C21H20N4O3/c1-21(12-11-15-5-3-2-4-6-15)19(27)25(20(28)24-21)14-18(26)23-17-9-7-16(13-22)8-10-17/h2-10H,11-12,14H2,1H3,(H,23,26)(H,24,28). The number of hydrogen-bond acceptors (Lipinski definition) is 4. The van der Waals surface area contributed by atoms with Gasteiger partial charge in [0.1, 0.15) is 12.1 Å². The minimum Gasteiger partial charge on any atom is -0.325 e. The summed E-state index contributed by atoms with van der Waals surface area (Å²) < 4.78 is 0. The van der Waals surface area contributed by atoms with Crippen LogP contribution in [0, 0.1) is 11.3 Å². The van der Waals surface area contributed by atoms with E-state index in [1.807, 2.05) is 36.4 Å². The number of carbonyl (C=O) groups is 3. The zero-order valence-electron chi connectivity index (χ0n) is 15.4. The van der Waals surface area contributed by atoms with Crippen molar-refractivity contribution < 1.29 is 14.4 Å². The molecule has 2 aromatic rings. The zero-order chi connectivity index (χ0) is 20.1. The number of anilines is 1. The van der Waals surface area contributed by atoms with Crippen LogP contribution in [0.5, 0.6) is 0 Å². The Morgan fingerprint density at radius 1 is 1.14 bits per heavy atom. The van der Waals surface area contributed by atoms with Crippen LogP contribution in [0.4, 0.5) is 10.5 Å². The van der Waals surface area contributed by atoms with Gasteiger partial charge in [0.25, 0.3) is 5.91 Å². The van der Waals surface area contributed by atoms with Crippen molar-refractivity contribution in [2.45, 2.75) is 25.3 Å². The molecule has 7 heteroatoms. The van der Waals surface area contributed by atoms with Crippen molar-refractivity contribution in [1.82, 2.24) is 10.2 Å². The van der Waals surface area contributed by atoms with Gasteiger partial charge in [0.15, 0.2) is 0 Å². The summed E-state index contributed by atoms with van der Waals surface area (Å²) in [5, 5.41) is 14.1. The predicted molar refractivity (Wildman–Crippen MR) is 103 cm³/mol. The third-order valence-corrected chi connectivity index (χ3v) is 4.70. The normalized spacial score (nSPS) is 18.5. The Balaban J connectivity index is 1.60. The highest BCUT2D eigenvalue weighted by molar-refractivity contribution is 6.09. The third-order valence-electron chi connectivity index (χ3n) is 4.70. The summed E-state index contributed by atoms with van der Waals surface area (Å²) in [6.07, 6.45) is 1.07. The lowest BCUT2D eigenvalue weighted by Gasteiger charge is -2.21. The fraction of sp³-hybridized carbons (Fsp3) is 0.238. The molecule has 1 unspecified atom stereocenters. The van der Waals surface area contributed by atoms with Gasteiger partial charge in [0.2, 0.25) is 5.91 Å². The Morgan fingerprint density at radius 3 is 2.46 bits per heavy atom. The predicted octanol–water partition coefficient (Wildman–Crippen LogP) is 2.44. The molecular formula is C21H20N4O3. The van der Waals surface area contributed by atoms with Crippen LogP contribution in [0.25, 0.3) is 0 Å². The molecule has 0 saturated carbocycles. The molecule has 2 N–H and O–H groups in total. The second-order valence-corrected chi connectivity index (χ2v) is 6.88. The maximum absolute atomic E-state index is 12.8. The number of nitrogens with zero attached hydrogens (tertiary/aromatic N) is 2. The Morgan fingerprint density at radius 2 is 1.82 bits per heavy atom. The lowest BCUT2D eigenvalue weighted by atomic mass is 9.93. The van der Waals surface area contributed by atoms with E-state index in [0.29, 0.717) is 24.1 Å². The Labute approximate surface area is 163 Å². The molecule has 142 valence electrons. The highest BCUT2D eigenvalue weighted by Gasteiger charge is 2.47. The summed E-state index contributed by atoms with van der Waals surface area (Å²) in [4.78, 5) is 38.2. The van der Waals surface area contributed by atoms with E-state index < -0.39 is 23.4 Å². The fourth-order valence-corrected chi connectivity index (χ4v) is 3.07. The average Bonchev–Trinajstić information content (AvgIpc) is 2.91. The van der Waals surface area contributed by atoms with Gasteiger partial charge >= 0.3 is 6.03 Å². The summed E-state index contributed by atoms with van der Waals surface area (Å²) in [5.74, 6) is -0.899. The molecule has 1 aliphatic heterocycles. The highest BCUT2D eigenvalue weighted by atomic mass is 16.2. The van der Waals surface area contributed by atoms with Crippen molar-refractivity contribution in [3.8, 4) is 6.07 Å². The molecule has 4 amide bonds. The number of benzene rings is 2. The van der Waals surface area contributed by atoms with Crippen LogP contribution in [-0.2, 0) is 16.0 Å². The summed E-state index contributed by atoms with van der Waals surface area (Å²) >= 11 is 0. The Kier molecular flexibility index (Phi) is 5.41. The van der Waals surface area contributed by atoms with E-state index in [2.05, 4.69) is 10.6 Å². The Hall–Kier alpha value is -3.66. The fourth-order valence-electron chi connectivity index (χ4n) is 3.07. The highest BCUT2D eigenvalue weighted by Crippen LogP contribution is 2.23. The number of hydrogen-bond donors (Lipinski definition) is 2. The van der Waals surface area contributed by atoms with Crippen LogP contribution < -0.4 is 10.6 Å². The second kappa shape index (κ2) is 7.92. The van der Waals surface area contributed by atoms with Gasteiger partial charge in [-0.25, -0.2) is 4.79 Å². The minimum absolute atomic E-state index is 0.369. The molecule has 0 bridgehead atoms. The molecule has 28 heavy (non-hydrogen) atoms. The van der Waals surface area contributed by atoms with Gasteiger partial charge in [0, 0.05) is 5.69 Å². The molecule has 0 aliphatic carbocycles. The van der Waals surface area contributed by atoms with E-state index in [4.69, 9.17) is 5.26 Å². The van der Waals surface area contributed by atoms with Crippen LogP contribution in [0.2, 0.25) is 0 Å². The van der Waals surface area contributed by atoms with Gasteiger partial charge in [0.05, 0.1) is 11.6 Å². The van der Waals surface area contributed by atoms with Crippen molar-refractivity contribution in [3.05, 3.63) is 65.7 Å². The van der Waals surface area contributed by atoms with E-state index in [0.717, 1.165) is 10.5 Å². The summed E-state index contributed by atoms with van der Waals surface area (Å²) in [6.45, 7) is 1.31. The van der Waals surface area contributed by atoms with Crippen molar-refractivity contribution in [2.75, 3.05) is 11.9 Å². The van der Waals surface area contributed by atoms with E-state index in [9.17, 15) is 14.4 Å². The largest absolute Gasteiger partial charge is 0.325 e. The van der Waals surface area contributed by atoms with Gasteiger partial charge in [-0.1, -0.05) is 30.3 Å². The molecule has 1 fully saturated rings. The first kappa shape index (κ1) is 19.1. The summed E-state index contributed by atoms with van der Waals surface area (Å²) in [5.41, 5.74) is 0.994. The van der Waals surface area contributed by atoms with Gasteiger partial charge in [-0.05, 0) is 49.6 Å². The molecule has 1 heterocycles. The van der Waals surface area contributed by atoms with E-state index in [1.165, 1.54) is 0 Å². The van der Waals surface area contributed by atoms with Crippen molar-refractivity contribution in [1.29, 1.82) is 5.26 Å². The molecule has 0 aromatic heterocycles. The van der Waals surface area contributed by atoms with Crippen molar-refractivity contribution in [3.63, 3.8) is 0 Å².